The molecule has 0 aromatic heterocycles. The summed E-state index contributed by atoms with van der Waals surface area (Å²) < 4.78 is 14.4. The third kappa shape index (κ3) is 3.93. The molecule has 1 N–H and O–H groups in total. The lowest BCUT2D eigenvalue weighted by Crippen LogP contribution is -2.50. The van der Waals surface area contributed by atoms with Gasteiger partial charge in [0, 0.05) is 25.7 Å². The van der Waals surface area contributed by atoms with Crippen LogP contribution >= 0.6 is 0 Å². The van der Waals surface area contributed by atoms with E-state index in [4.69, 9.17) is 0 Å². The highest BCUT2D eigenvalue weighted by molar-refractivity contribution is 5.17. The molecule has 0 radical (unpaired) electrons. The lowest BCUT2D eigenvalue weighted by molar-refractivity contribution is 0.0722. The maximum Gasteiger partial charge on any atom is 0.128 e. The quantitative estimate of drug-likeness (QED) is 0.910. The summed E-state index contributed by atoms with van der Waals surface area (Å²) in [6.45, 7) is 2.94. The first-order valence-electron chi connectivity index (χ1n) is 7.99. The van der Waals surface area contributed by atoms with Gasteiger partial charge in [-0.15, -0.1) is 0 Å². The minimum absolute atomic E-state index is 0.0123. The van der Waals surface area contributed by atoms with Gasteiger partial charge in [-0.05, 0) is 24.1 Å². The number of hydrogen-bond acceptors (Lipinski definition) is 2. The molecule has 3 rings (SSSR count). The monoisotopic (exact) mass is 298 g/mol. The highest BCUT2D eigenvalue weighted by Gasteiger charge is 2.30. The lowest BCUT2D eigenvalue weighted by Gasteiger charge is -2.37. The first kappa shape index (κ1) is 15.2. The average Bonchev–Trinajstić information content (AvgIpc) is 2.57. The maximum absolute atomic E-state index is 14.4. The van der Waals surface area contributed by atoms with E-state index in [1.165, 1.54) is 11.1 Å². The van der Waals surface area contributed by atoms with Gasteiger partial charge in [0.25, 0.3) is 0 Å². The molecule has 1 saturated heterocycles. The summed E-state index contributed by atoms with van der Waals surface area (Å²) in [5.74, 6) is 0. The third-order valence-electron chi connectivity index (χ3n) is 4.30. The van der Waals surface area contributed by atoms with E-state index in [0.717, 1.165) is 26.1 Å². The van der Waals surface area contributed by atoms with Crippen LogP contribution < -0.4 is 5.32 Å². The smallest absolute Gasteiger partial charge is 0.128 e. The second kappa shape index (κ2) is 7.52. The molecular formula is C19H23FN2. The van der Waals surface area contributed by atoms with Crippen molar-refractivity contribution in [1.82, 2.24) is 10.2 Å². The van der Waals surface area contributed by atoms with Crippen LogP contribution in [0, 0.1) is 0 Å². The first-order valence-corrected chi connectivity index (χ1v) is 7.99. The van der Waals surface area contributed by atoms with Crippen LogP contribution in [0.5, 0.6) is 0 Å². The zero-order chi connectivity index (χ0) is 15.2. The summed E-state index contributed by atoms with van der Waals surface area (Å²) in [7, 11) is 0. The fourth-order valence-electron chi connectivity index (χ4n) is 3.14. The first-order chi connectivity index (χ1) is 10.8. The Hall–Kier alpha value is -1.71. The molecule has 0 amide bonds. The zero-order valence-corrected chi connectivity index (χ0v) is 12.8. The summed E-state index contributed by atoms with van der Waals surface area (Å²) in [4.78, 5) is 2.29. The van der Waals surface area contributed by atoms with Crippen molar-refractivity contribution >= 4 is 0 Å². The van der Waals surface area contributed by atoms with Gasteiger partial charge in [-0.25, -0.2) is 4.39 Å². The van der Waals surface area contributed by atoms with Crippen molar-refractivity contribution < 1.29 is 4.39 Å². The van der Waals surface area contributed by atoms with E-state index in [2.05, 4.69) is 34.5 Å². The van der Waals surface area contributed by atoms with Gasteiger partial charge in [-0.1, -0.05) is 60.7 Å². The molecule has 1 fully saturated rings. The lowest BCUT2D eigenvalue weighted by atomic mass is 10.0. The van der Waals surface area contributed by atoms with Gasteiger partial charge in [0.15, 0.2) is 0 Å². The highest BCUT2D eigenvalue weighted by Crippen LogP contribution is 2.21. The van der Waals surface area contributed by atoms with Crippen LogP contribution in [0.3, 0.4) is 0 Å². The predicted molar refractivity (Wildman–Crippen MR) is 88.3 cm³/mol. The van der Waals surface area contributed by atoms with Crippen molar-refractivity contribution in [2.24, 2.45) is 0 Å². The highest BCUT2D eigenvalue weighted by atomic mass is 19.1. The van der Waals surface area contributed by atoms with Crippen LogP contribution in [0.2, 0.25) is 0 Å². The van der Waals surface area contributed by atoms with Crippen LogP contribution in [0.15, 0.2) is 60.7 Å². The van der Waals surface area contributed by atoms with E-state index >= 15 is 0 Å². The fraction of sp³-hybridized carbons (Fsp3) is 0.368. The van der Waals surface area contributed by atoms with Gasteiger partial charge in [-0.3, -0.25) is 4.90 Å². The molecule has 2 atom stereocenters. The van der Waals surface area contributed by atoms with E-state index in [1.807, 2.05) is 36.4 Å². The number of halogens is 1. The Bertz CT molecular complexity index is 517. The summed E-state index contributed by atoms with van der Waals surface area (Å²) in [6, 6.07) is 20.7. The van der Waals surface area contributed by atoms with E-state index in [0.29, 0.717) is 6.54 Å². The molecular weight excluding hydrogens is 275 g/mol. The molecule has 1 aliphatic rings. The molecule has 0 unspecified atom stereocenters. The number of nitrogens with zero attached hydrogens (tertiary/aromatic N) is 1. The molecule has 1 aliphatic heterocycles. The standard InChI is InChI=1S/C19H23FN2/c20-18-13-21-12-11-19(18)22(14-16-7-3-1-4-8-16)15-17-9-5-2-6-10-17/h1-10,18-19,21H,11-15H2/t18-,19+/m0/s1. The van der Waals surface area contributed by atoms with Crippen molar-refractivity contribution in [3.63, 3.8) is 0 Å². The van der Waals surface area contributed by atoms with Crippen LogP contribution in [0.1, 0.15) is 17.5 Å². The van der Waals surface area contributed by atoms with Gasteiger partial charge >= 0.3 is 0 Å². The Morgan fingerprint density at radius 2 is 1.45 bits per heavy atom. The van der Waals surface area contributed by atoms with Gasteiger partial charge < -0.3 is 5.32 Å². The van der Waals surface area contributed by atoms with E-state index in [1.54, 1.807) is 0 Å². The predicted octanol–water partition coefficient (Wildman–Crippen LogP) is 3.39. The SMILES string of the molecule is F[C@H]1CNCC[C@H]1N(Cc1ccccc1)Cc1ccccc1. The minimum Gasteiger partial charge on any atom is -0.314 e. The Kier molecular flexibility index (Phi) is 5.20. The van der Waals surface area contributed by atoms with Crippen LogP contribution in [-0.4, -0.2) is 30.2 Å². The number of benzene rings is 2. The van der Waals surface area contributed by atoms with E-state index < -0.39 is 6.17 Å². The van der Waals surface area contributed by atoms with Crippen LogP contribution in [0.25, 0.3) is 0 Å². The summed E-state index contributed by atoms with van der Waals surface area (Å²) >= 11 is 0. The van der Waals surface area contributed by atoms with Gasteiger partial charge in [0.1, 0.15) is 6.17 Å². The number of alkyl halides is 1. The Morgan fingerprint density at radius 3 is 1.95 bits per heavy atom. The number of piperidine rings is 1. The van der Waals surface area contributed by atoms with Crippen molar-refractivity contribution in [3.8, 4) is 0 Å². The number of hydrogen-bond donors (Lipinski definition) is 1. The van der Waals surface area contributed by atoms with Crippen LogP contribution in [-0.2, 0) is 13.1 Å². The van der Waals surface area contributed by atoms with E-state index in [-0.39, 0.29) is 6.04 Å². The Morgan fingerprint density at radius 1 is 0.909 bits per heavy atom. The minimum atomic E-state index is -0.804. The van der Waals surface area contributed by atoms with Crippen molar-refractivity contribution in [2.45, 2.75) is 31.7 Å². The Labute approximate surface area is 132 Å². The Balaban J connectivity index is 1.78. The molecule has 0 saturated carbocycles. The molecule has 0 spiro atoms. The normalized spacial score (nSPS) is 21.9. The third-order valence-corrected chi connectivity index (χ3v) is 4.30. The summed E-state index contributed by atoms with van der Waals surface area (Å²) in [5.41, 5.74) is 2.48. The second-order valence-electron chi connectivity index (χ2n) is 5.95. The number of rotatable bonds is 5. The zero-order valence-electron chi connectivity index (χ0n) is 12.8. The molecule has 116 valence electrons. The molecule has 1 heterocycles. The molecule has 2 aromatic carbocycles. The summed E-state index contributed by atoms with van der Waals surface area (Å²) in [6.07, 6.45) is 0.0575. The van der Waals surface area contributed by atoms with Crippen molar-refractivity contribution in [2.75, 3.05) is 13.1 Å². The van der Waals surface area contributed by atoms with Gasteiger partial charge in [0.05, 0.1) is 0 Å². The molecule has 0 bridgehead atoms. The van der Waals surface area contributed by atoms with Crippen LogP contribution in [0.4, 0.5) is 4.39 Å². The van der Waals surface area contributed by atoms with Gasteiger partial charge in [-0.2, -0.15) is 0 Å². The largest absolute Gasteiger partial charge is 0.314 e. The molecule has 2 aromatic rings. The van der Waals surface area contributed by atoms with E-state index in [9.17, 15) is 4.39 Å². The second-order valence-corrected chi connectivity index (χ2v) is 5.95. The molecule has 3 heteroatoms. The summed E-state index contributed by atoms with van der Waals surface area (Å²) in [5, 5.41) is 3.15. The fourth-order valence-corrected chi connectivity index (χ4v) is 3.14. The van der Waals surface area contributed by atoms with Crippen molar-refractivity contribution in [1.29, 1.82) is 0 Å². The van der Waals surface area contributed by atoms with Gasteiger partial charge in [0.2, 0.25) is 0 Å². The molecule has 0 aliphatic carbocycles. The number of nitrogens with one attached hydrogen (secondary N) is 1. The molecule has 22 heavy (non-hydrogen) atoms. The molecule has 2 nitrogen and oxygen atoms in total. The van der Waals surface area contributed by atoms with Crippen molar-refractivity contribution in [3.05, 3.63) is 71.8 Å². The maximum atomic E-state index is 14.4. The topological polar surface area (TPSA) is 15.3 Å². The average molecular weight is 298 g/mol.